The van der Waals surface area contributed by atoms with Crippen molar-refractivity contribution in [2.24, 2.45) is 0 Å². The Kier molecular flexibility index (Phi) is 7.20. The van der Waals surface area contributed by atoms with Gasteiger partial charge in [0.25, 0.3) is 5.91 Å². The molecule has 1 amide bonds. The van der Waals surface area contributed by atoms with E-state index in [2.05, 4.69) is 34.5 Å². The molecule has 0 aromatic heterocycles. The summed E-state index contributed by atoms with van der Waals surface area (Å²) in [6.07, 6.45) is 4.26. The Balaban J connectivity index is 1.49. The zero-order chi connectivity index (χ0) is 19.8. The molecular formula is C23H28N2O3. The number of hydrogen-bond donors (Lipinski definition) is 1. The molecule has 2 aromatic rings. The highest BCUT2D eigenvalue weighted by Crippen LogP contribution is 2.13. The molecule has 0 radical (unpaired) electrons. The number of nitrogens with one attached hydrogen (secondary N) is 1. The average molecular weight is 380 g/mol. The number of rotatable bonds is 7. The fourth-order valence-electron chi connectivity index (χ4n) is 3.70. The fraction of sp³-hybridized carbons (Fsp3) is 0.391. The highest BCUT2D eigenvalue weighted by Gasteiger charge is 2.22. The van der Waals surface area contributed by atoms with Gasteiger partial charge >= 0.3 is 5.97 Å². The van der Waals surface area contributed by atoms with E-state index in [1.165, 1.54) is 12.7 Å². The van der Waals surface area contributed by atoms with Crippen molar-refractivity contribution in [3.05, 3.63) is 71.3 Å². The standard InChI is InChI=1S/C23H28N2O3/c1-28-23(27)20-12-5-11-19(16-20)22(26)24-21-13-7-15-25(17-21)14-6-10-18-8-3-2-4-9-18/h2-5,8-9,11-12,16,21H,6-7,10,13-15,17H2,1H3,(H,24,26)/t21-/m1/s1. The molecule has 1 N–H and O–H groups in total. The van der Waals surface area contributed by atoms with Gasteiger partial charge in [-0.2, -0.15) is 0 Å². The number of aryl methyl sites for hydroxylation is 1. The van der Waals surface area contributed by atoms with Crippen molar-refractivity contribution >= 4 is 11.9 Å². The van der Waals surface area contributed by atoms with Crippen molar-refractivity contribution in [1.82, 2.24) is 10.2 Å². The van der Waals surface area contributed by atoms with Crippen molar-refractivity contribution in [1.29, 1.82) is 0 Å². The molecule has 0 aliphatic carbocycles. The lowest BCUT2D eigenvalue weighted by molar-refractivity contribution is 0.0600. The van der Waals surface area contributed by atoms with Crippen LogP contribution in [0.4, 0.5) is 0 Å². The van der Waals surface area contributed by atoms with Crippen LogP contribution in [-0.2, 0) is 11.2 Å². The number of piperidine rings is 1. The van der Waals surface area contributed by atoms with Crippen LogP contribution >= 0.6 is 0 Å². The van der Waals surface area contributed by atoms with E-state index in [4.69, 9.17) is 4.74 Å². The van der Waals surface area contributed by atoms with Crippen LogP contribution < -0.4 is 5.32 Å². The van der Waals surface area contributed by atoms with Gasteiger partial charge in [0, 0.05) is 18.2 Å². The lowest BCUT2D eigenvalue weighted by atomic mass is 10.0. The molecule has 0 unspecified atom stereocenters. The van der Waals surface area contributed by atoms with Gasteiger partial charge in [-0.25, -0.2) is 4.79 Å². The summed E-state index contributed by atoms with van der Waals surface area (Å²) in [4.78, 5) is 26.7. The molecule has 5 heteroatoms. The Morgan fingerprint density at radius 2 is 1.89 bits per heavy atom. The zero-order valence-corrected chi connectivity index (χ0v) is 16.4. The Morgan fingerprint density at radius 3 is 2.68 bits per heavy atom. The van der Waals surface area contributed by atoms with Crippen molar-refractivity contribution in [3.8, 4) is 0 Å². The number of likely N-dealkylation sites (tertiary alicyclic amines) is 1. The molecule has 148 valence electrons. The van der Waals surface area contributed by atoms with Gasteiger partial charge < -0.3 is 15.0 Å². The number of benzene rings is 2. The highest BCUT2D eigenvalue weighted by molar-refractivity contribution is 5.98. The van der Waals surface area contributed by atoms with E-state index >= 15 is 0 Å². The maximum atomic E-state index is 12.6. The summed E-state index contributed by atoms with van der Waals surface area (Å²) >= 11 is 0. The van der Waals surface area contributed by atoms with E-state index in [0.717, 1.165) is 45.3 Å². The van der Waals surface area contributed by atoms with Gasteiger partial charge in [0.05, 0.1) is 12.7 Å². The number of carbonyl (C=O) groups is 2. The molecule has 1 aliphatic heterocycles. The first-order valence-electron chi connectivity index (χ1n) is 9.91. The molecule has 0 saturated carbocycles. The van der Waals surface area contributed by atoms with Crippen molar-refractivity contribution in [2.75, 3.05) is 26.7 Å². The smallest absolute Gasteiger partial charge is 0.337 e. The molecule has 2 aromatic carbocycles. The third kappa shape index (κ3) is 5.67. The quantitative estimate of drug-likeness (QED) is 0.749. The fourth-order valence-corrected chi connectivity index (χ4v) is 3.70. The zero-order valence-electron chi connectivity index (χ0n) is 16.4. The lowest BCUT2D eigenvalue weighted by Crippen LogP contribution is -2.48. The van der Waals surface area contributed by atoms with Crippen LogP contribution in [-0.4, -0.2) is 49.6 Å². The largest absolute Gasteiger partial charge is 0.465 e. The predicted molar refractivity (Wildman–Crippen MR) is 109 cm³/mol. The molecule has 1 heterocycles. The molecule has 28 heavy (non-hydrogen) atoms. The Bertz CT molecular complexity index is 791. The van der Waals surface area contributed by atoms with Gasteiger partial charge in [0.1, 0.15) is 0 Å². The minimum absolute atomic E-state index is 0.137. The van der Waals surface area contributed by atoms with Crippen LogP contribution in [0.2, 0.25) is 0 Å². The molecule has 5 nitrogen and oxygen atoms in total. The summed E-state index contributed by atoms with van der Waals surface area (Å²) in [7, 11) is 1.34. The Labute approximate surface area is 166 Å². The van der Waals surface area contributed by atoms with Crippen molar-refractivity contribution in [2.45, 2.75) is 31.7 Å². The normalized spacial score (nSPS) is 17.1. The molecular weight excluding hydrogens is 352 g/mol. The Morgan fingerprint density at radius 1 is 1.11 bits per heavy atom. The summed E-state index contributed by atoms with van der Waals surface area (Å²) in [5.74, 6) is -0.571. The maximum Gasteiger partial charge on any atom is 0.337 e. The number of methoxy groups -OCH3 is 1. The van der Waals surface area contributed by atoms with E-state index in [-0.39, 0.29) is 11.9 Å². The van der Waals surface area contributed by atoms with Gasteiger partial charge in [0.2, 0.25) is 0 Å². The topological polar surface area (TPSA) is 58.6 Å². The van der Waals surface area contributed by atoms with E-state index in [0.29, 0.717) is 11.1 Å². The highest BCUT2D eigenvalue weighted by atomic mass is 16.5. The van der Waals surface area contributed by atoms with Crippen LogP contribution in [0.25, 0.3) is 0 Å². The van der Waals surface area contributed by atoms with Crippen molar-refractivity contribution in [3.63, 3.8) is 0 Å². The minimum atomic E-state index is -0.433. The van der Waals surface area contributed by atoms with Gasteiger partial charge in [-0.05, 0) is 62.5 Å². The minimum Gasteiger partial charge on any atom is -0.465 e. The maximum absolute atomic E-state index is 12.6. The second-order valence-electron chi connectivity index (χ2n) is 7.27. The first-order chi connectivity index (χ1) is 13.7. The lowest BCUT2D eigenvalue weighted by Gasteiger charge is -2.33. The first kappa shape index (κ1) is 20.1. The number of amides is 1. The molecule has 1 fully saturated rings. The van der Waals surface area contributed by atoms with Gasteiger partial charge in [-0.3, -0.25) is 4.79 Å². The summed E-state index contributed by atoms with van der Waals surface area (Å²) < 4.78 is 4.73. The number of esters is 1. The van der Waals surface area contributed by atoms with Crippen LogP contribution in [0.15, 0.2) is 54.6 Å². The Hall–Kier alpha value is -2.66. The first-order valence-corrected chi connectivity index (χ1v) is 9.91. The van der Waals surface area contributed by atoms with Crippen LogP contribution in [0.1, 0.15) is 45.5 Å². The molecule has 1 saturated heterocycles. The molecule has 1 atom stereocenters. The van der Waals surface area contributed by atoms with Crippen molar-refractivity contribution < 1.29 is 14.3 Å². The molecule has 3 rings (SSSR count). The second-order valence-corrected chi connectivity index (χ2v) is 7.27. The second kappa shape index (κ2) is 10.0. The average Bonchev–Trinajstić information content (AvgIpc) is 2.74. The third-order valence-electron chi connectivity index (χ3n) is 5.17. The molecule has 0 spiro atoms. The SMILES string of the molecule is COC(=O)c1cccc(C(=O)N[C@@H]2CCCN(CCCc3ccccc3)C2)c1. The van der Waals surface area contributed by atoms with Gasteiger partial charge in [0.15, 0.2) is 0 Å². The summed E-state index contributed by atoms with van der Waals surface area (Å²) in [6.45, 7) is 3.00. The number of carbonyl (C=O) groups excluding carboxylic acids is 2. The van der Waals surface area contributed by atoms with Crippen LogP contribution in [0, 0.1) is 0 Å². The number of ether oxygens (including phenoxy) is 1. The molecule has 1 aliphatic rings. The number of hydrogen-bond acceptors (Lipinski definition) is 4. The van der Waals surface area contributed by atoms with E-state index < -0.39 is 5.97 Å². The van der Waals surface area contributed by atoms with Crippen LogP contribution in [0.5, 0.6) is 0 Å². The van der Waals surface area contributed by atoms with Gasteiger partial charge in [-0.1, -0.05) is 36.4 Å². The third-order valence-corrected chi connectivity index (χ3v) is 5.17. The monoisotopic (exact) mass is 380 g/mol. The predicted octanol–water partition coefficient (Wildman–Crippen LogP) is 3.30. The van der Waals surface area contributed by atoms with Gasteiger partial charge in [-0.15, -0.1) is 0 Å². The summed E-state index contributed by atoms with van der Waals surface area (Å²) in [6, 6.07) is 17.3. The summed E-state index contributed by atoms with van der Waals surface area (Å²) in [5.41, 5.74) is 2.25. The van der Waals surface area contributed by atoms with E-state index in [9.17, 15) is 9.59 Å². The van der Waals surface area contributed by atoms with E-state index in [1.54, 1.807) is 24.3 Å². The van der Waals surface area contributed by atoms with E-state index in [1.807, 2.05) is 6.07 Å². The number of nitrogens with zero attached hydrogens (tertiary/aromatic N) is 1. The van der Waals surface area contributed by atoms with Crippen LogP contribution in [0.3, 0.4) is 0 Å². The summed E-state index contributed by atoms with van der Waals surface area (Å²) in [5, 5.41) is 3.12. The molecule has 0 bridgehead atoms.